The second-order valence-electron chi connectivity index (χ2n) is 3.63. The van der Waals surface area contributed by atoms with Crippen LogP contribution in [0.15, 0.2) is 17.0 Å². The number of sulfonamides is 1. The van der Waals surface area contributed by atoms with Crippen molar-refractivity contribution in [3.05, 3.63) is 27.7 Å². The number of rotatable bonds is 7. The van der Waals surface area contributed by atoms with E-state index < -0.39 is 26.6 Å². The molecule has 0 amide bonds. The number of hydrogen-bond donors (Lipinski definition) is 2. The van der Waals surface area contributed by atoms with Crippen LogP contribution in [0.2, 0.25) is 10.0 Å². The topological polar surface area (TPSA) is 92.7 Å². The maximum atomic E-state index is 12.0. The third-order valence-electron chi connectivity index (χ3n) is 2.30. The predicted molar refractivity (Wildman–Crippen MR) is 75.1 cm³/mol. The summed E-state index contributed by atoms with van der Waals surface area (Å²) in [6, 6.07) is 2.33. The summed E-state index contributed by atoms with van der Waals surface area (Å²) in [6.07, 6.45) is 0. The van der Waals surface area contributed by atoms with Crippen LogP contribution in [-0.4, -0.2) is 39.3 Å². The average Bonchev–Trinajstić information content (AvgIpc) is 2.34. The van der Waals surface area contributed by atoms with E-state index in [1.807, 2.05) is 0 Å². The highest BCUT2D eigenvalue weighted by molar-refractivity contribution is 7.89. The second kappa shape index (κ2) is 7.24. The Balaban J connectivity index is 3.07. The lowest BCUT2D eigenvalue weighted by molar-refractivity contribution is 0.0697. The first-order chi connectivity index (χ1) is 9.31. The molecule has 2 N–H and O–H groups in total. The first-order valence-corrected chi connectivity index (χ1v) is 7.84. The molecule has 1 aromatic carbocycles. The summed E-state index contributed by atoms with van der Waals surface area (Å²) in [4.78, 5) is 10.7. The van der Waals surface area contributed by atoms with Crippen LogP contribution in [0, 0.1) is 0 Å². The van der Waals surface area contributed by atoms with Crippen molar-refractivity contribution in [2.24, 2.45) is 0 Å². The van der Waals surface area contributed by atoms with Gasteiger partial charge in [0, 0.05) is 13.2 Å². The third-order valence-corrected chi connectivity index (χ3v) is 4.62. The van der Waals surface area contributed by atoms with Crippen LogP contribution in [0.4, 0.5) is 0 Å². The van der Waals surface area contributed by atoms with Gasteiger partial charge in [-0.1, -0.05) is 23.2 Å². The Morgan fingerprint density at radius 3 is 2.60 bits per heavy atom. The Morgan fingerprint density at radius 2 is 2.05 bits per heavy atom. The summed E-state index contributed by atoms with van der Waals surface area (Å²) in [5.74, 6) is -1.40. The van der Waals surface area contributed by atoms with Gasteiger partial charge in [0.2, 0.25) is 10.0 Å². The molecule has 0 aliphatic carbocycles. The minimum absolute atomic E-state index is 0.0531. The van der Waals surface area contributed by atoms with Gasteiger partial charge in [0.1, 0.15) is 4.90 Å². The highest BCUT2D eigenvalue weighted by atomic mass is 35.5. The molecule has 0 aliphatic rings. The van der Waals surface area contributed by atoms with Gasteiger partial charge >= 0.3 is 5.97 Å². The fourth-order valence-corrected chi connectivity index (χ4v) is 3.34. The number of carboxylic acid groups (broad SMARTS) is 1. The summed E-state index contributed by atoms with van der Waals surface area (Å²) >= 11 is 11.5. The highest BCUT2D eigenvalue weighted by Crippen LogP contribution is 2.30. The van der Waals surface area contributed by atoms with Gasteiger partial charge in [-0.3, -0.25) is 0 Å². The molecule has 20 heavy (non-hydrogen) atoms. The van der Waals surface area contributed by atoms with E-state index in [4.69, 9.17) is 33.0 Å². The number of hydrogen-bond acceptors (Lipinski definition) is 4. The molecule has 0 saturated heterocycles. The molecule has 9 heteroatoms. The first kappa shape index (κ1) is 17.2. The number of halogens is 2. The standard InChI is InChI=1S/C11H13Cl2NO5S/c1-2-19-6-5-14-20(17,18)8-4-3-7(12)9(10(8)13)11(15)16/h3-4,14H,2,5-6H2,1H3,(H,15,16). The van der Waals surface area contributed by atoms with Crippen LogP contribution in [-0.2, 0) is 14.8 Å². The van der Waals surface area contributed by atoms with Gasteiger partial charge < -0.3 is 9.84 Å². The molecule has 0 spiro atoms. The minimum Gasteiger partial charge on any atom is -0.478 e. The van der Waals surface area contributed by atoms with Gasteiger partial charge in [0.15, 0.2) is 0 Å². The zero-order valence-corrected chi connectivity index (χ0v) is 12.8. The van der Waals surface area contributed by atoms with Crippen molar-refractivity contribution < 1.29 is 23.1 Å². The van der Waals surface area contributed by atoms with E-state index in [0.29, 0.717) is 6.61 Å². The molecule has 0 atom stereocenters. The van der Waals surface area contributed by atoms with E-state index in [1.165, 1.54) is 6.07 Å². The highest BCUT2D eigenvalue weighted by Gasteiger charge is 2.24. The molecule has 0 fully saturated rings. The molecular formula is C11H13Cl2NO5S. The average molecular weight is 342 g/mol. The van der Waals surface area contributed by atoms with Crippen LogP contribution in [0.5, 0.6) is 0 Å². The molecule has 1 rings (SSSR count). The Bertz CT molecular complexity index is 603. The SMILES string of the molecule is CCOCCNS(=O)(=O)c1ccc(Cl)c(C(=O)O)c1Cl. The van der Waals surface area contributed by atoms with Crippen molar-refractivity contribution in [1.29, 1.82) is 0 Å². The van der Waals surface area contributed by atoms with Gasteiger partial charge in [-0.2, -0.15) is 0 Å². The van der Waals surface area contributed by atoms with Crippen LogP contribution < -0.4 is 4.72 Å². The number of aromatic carboxylic acids is 1. The number of carboxylic acids is 1. The second-order valence-corrected chi connectivity index (χ2v) is 6.15. The molecule has 0 unspecified atom stereocenters. The largest absolute Gasteiger partial charge is 0.478 e. The molecule has 0 bridgehead atoms. The lowest BCUT2D eigenvalue weighted by Crippen LogP contribution is -2.28. The molecular weight excluding hydrogens is 329 g/mol. The van der Waals surface area contributed by atoms with Gasteiger partial charge in [-0.15, -0.1) is 0 Å². The number of benzene rings is 1. The fourth-order valence-electron chi connectivity index (χ4n) is 1.41. The quantitative estimate of drug-likeness (QED) is 0.740. The van der Waals surface area contributed by atoms with Crippen molar-refractivity contribution in [3.63, 3.8) is 0 Å². The van der Waals surface area contributed by atoms with E-state index in [9.17, 15) is 13.2 Å². The van der Waals surface area contributed by atoms with E-state index in [-0.39, 0.29) is 23.1 Å². The molecule has 1 aromatic rings. The van der Waals surface area contributed by atoms with Gasteiger partial charge in [0.05, 0.1) is 22.2 Å². The third kappa shape index (κ3) is 4.07. The van der Waals surface area contributed by atoms with Crippen molar-refractivity contribution in [3.8, 4) is 0 Å². The van der Waals surface area contributed by atoms with Crippen LogP contribution in [0.1, 0.15) is 17.3 Å². The van der Waals surface area contributed by atoms with Crippen molar-refractivity contribution in [1.82, 2.24) is 4.72 Å². The first-order valence-electron chi connectivity index (χ1n) is 5.60. The minimum atomic E-state index is -3.93. The van der Waals surface area contributed by atoms with Crippen molar-refractivity contribution in [2.45, 2.75) is 11.8 Å². The molecule has 0 saturated carbocycles. The van der Waals surface area contributed by atoms with Crippen LogP contribution >= 0.6 is 23.2 Å². The predicted octanol–water partition coefficient (Wildman–Crippen LogP) is 2.01. The monoisotopic (exact) mass is 341 g/mol. The fraction of sp³-hybridized carbons (Fsp3) is 0.364. The zero-order chi connectivity index (χ0) is 15.3. The normalized spacial score (nSPS) is 11.6. The number of ether oxygens (including phenoxy) is 1. The number of carbonyl (C=O) groups is 1. The summed E-state index contributed by atoms with van der Waals surface area (Å²) in [5, 5.41) is 8.43. The van der Waals surface area contributed by atoms with E-state index in [0.717, 1.165) is 6.07 Å². The molecule has 0 aromatic heterocycles. The molecule has 0 radical (unpaired) electrons. The smallest absolute Gasteiger partial charge is 0.338 e. The maximum absolute atomic E-state index is 12.0. The molecule has 112 valence electrons. The van der Waals surface area contributed by atoms with Crippen molar-refractivity contribution >= 4 is 39.2 Å². The Kier molecular flexibility index (Phi) is 6.22. The number of nitrogens with one attached hydrogen (secondary N) is 1. The summed E-state index contributed by atoms with van der Waals surface area (Å²) in [5.41, 5.74) is -0.444. The maximum Gasteiger partial charge on any atom is 0.338 e. The van der Waals surface area contributed by atoms with Gasteiger partial charge in [-0.05, 0) is 19.1 Å². The van der Waals surface area contributed by atoms with E-state index in [1.54, 1.807) is 6.92 Å². The molecule has 6 nitrogen and oxygen atoms in total. The summed E-state index contributed by atoms with van der Waals surface area (Å²) < 4.78 is 31.3. The Hall–Kier alpha value is -0.860. The molecule has 0 aliphatic heterocycles. The Labute approximate surface area is 126 Å². The van der Waals surface area contributed by atoms with Crippen LogP contribution in [0.3, 0.4) is 0 Å². The van der Waals surface area contributed by atoms with Crippen molar-refractivity contribution in [2.75, 3.05) is 19.8 Å². The zero-order valence-electron chi connectivity index (χ0n) is 10.5. The molecule has 0 heterocycles. The Morgan fingerprint density at radius 1 is 1.40 bits per heavy atom. The lowest BCUT2D eigenvalue weighted by atomic mass is 10.2. The lowest BCUT2D eigenvalue weighted by Gasteiger charge is -2.10. The summed E-state index contributed by atoms with van der Waals surface area (Å²) in [7, 11) is -3.93. The summed E-state index contributed by atoms with van der Waals surface area (Å²) in [6.45, 7) is 2.50. The van der Waals surface area contributed by atoms with E-state index in [2.05, 4.69) is 4.72 Å². The van der Waals surface area contributed by atoms with E-state index >= 15 is 0 Å². The van der Waals surface area contributed by atoms with Crippen LogP contribution in [0.25, 0.3) is 0 Å². The van der Waals surface area contributed by atoms with Gasteiger partial charge in [0.25, 0.3) is 0 Å². The van der Waals surface area contributed by atoms with Gasteiger partial charge in [-0.25, -0.2) is 17.9 Å².